The molecule has 1 heterocycles. The van der Waals surface area contributed by atoms with E-state index in [0.717, 1.165) is 37.3 Å². The average Bonchev–Trinajstić information content (AvgIpc) is 3.14. The van der Waals surface area contributed by atoms with Crippen LogP contribution in [0.2, 0.25) is 0 Å². The summed E-state index contributed by atoms with van der Waals surface area (Å²) in [5.41, 5.74) is 7.09. The van der Waals surface area contributed by atoms with E-state index in [1.807, 2.05) is 61.5 Å². The predicted molar refractivity (Wildman–Crippen MR) is 114 cm³/mol. The van der Waals surface area contributed by atoms with Crippen LogP contribution in [-0.4, -0.2) is 27.8 Å². The minimum absolute atomic E-state index is 0.0492. The van der Waals surface area contributed by atoms with Crippen molar-refractivity contribution in [3.05, 3.63) is 71.2 Å². The molecule has 6 nitrogen and oxygen atoms in total. The standard InChI is InChI=1S/C22H21N3O3S/c1-14(12-25(27)22(23)26)15-6-7-17-11-18(9-8-16(17)10-15)28-13-21-24-19-4-2-3-5-20(19)29-21/h2-11,14,27H,12-13H2,1H3,(H2,23,26). The highest BCUT2D eigenvalue weighted by Crippen LogP contribution is 2.27. The van der Waals surface area contributed by atoms with Crippen LogP contribution in [0.15, 0.2) is 60.7 Å². The van der Waals surface area contributed by atoms with E-state index in [1.165, 1.54) is 0 Å². The first-order valence-corrected chi connectivity index (χ1v) is 10.1. The van der Waals surface area contributed by atoms with Gasteiger partial charge in [-0.3, -0.25) is 5.21 Å². The number of primary amides is 1. The van der Waals surface area contributed by atoms with E-state index in [9.17, 15) is 10.0 Å². The molecule has 1 unspecified atom stereocenters. The number of hydrogen-bond acceptors (Lipinski definition) is 5. The molecule has 0 fully saturated rings. The number of amides is 2. The average molecular weight is 407 g/mol. The number of urea groups is 1. The number of thiazole rings is 1. The number of fused-ring (bicyclic) bond motifs is 2. The molecule has 1 atom stereocenters. The maximum Gasteiger partial charge on any atom is 0.338 e. The molecule has 0 saturated heterocycles. The molecule has 2 amide bonds. The molecule has 3 aromatic carbocycles. The topological polar surface area (TPSA) is 88.7 Å². The molecule has 0 spiro atoms. The fraction of sp³-hybridized carbons (Fsp3) is 0.182. The molecule has 0 bridgehead atoms. The van der Waals surface area contributed by atoms with E-state index in [2.05, 4.69) is 11.1 Å². The fourth-order valence-corrected chi connectivity index (χ4v) is 4.10. The second-order valence-corrected chi connectivity index (χ2v) is 8.07. The van der Waals surface area contributed by atoms with Gasteiger partial charge in [0.2, 0.25) is 0 Å². The number of aromatic nitrogens is 1. The molecule has 4 rings (SSSR count). The number of nitrogens with zero attached hydrogens (tertiary/aromatic N) is 2. The van der Waals surface area contributed by atoms with Crippen molar-refractivity contribution in [3.8, 4) is 5.75 Å². The zero-order chi connectivity index (χ0) is 20.4. The summed E-state index contributed by atoms with van der Waals surface area (Å²) in [4.78, 5) is 15.6. The first-order chi connectivity index (χ1) is 14.0. The van der Waals surface area contributed by atoms with Crippen LogP contribution in [0.5, 0.6) is 5.75 Å². The number of nitrogens with two attached hydrogens (primary N) is 1. The van der Waals surface area contributed by atoms with Crippen LogP contribution < -0.4 is 10.5 Å². The molecule has 148 valence electrons. The van der Waals surface area contributed by atoms with Gasteiger partial charge in [-0.1, -0.05) is 43.3 Å². The SMILES string of the molecule is CC(CN(O)C(N)=O)c1ccc2cc(OCc3nc4ccccc4s3)ccc2c1. The van der Waals surface area contributed by atoms with Gasteiger partial charge in [0, 0.05) is 5.92 Å². The van der Waals surface area contributed by atoms with Crippen LogP contribution in [0, 0.1) is 0 Å². The molecule has 29 heavy (non-hydrogen) atoms. The summed E-state index contributed by atoms with van der Waals surface area (Å²) in [7, 11) is 0. The van der Waals surface area contributed by atoms with Gasteiger partial charge in [-0.2, -0.15) is 0 Å². The summed E-state index contributed by atoms with van der Waals surface area (Å²) in [5.74, 6) is 0.736. The van der Waals surface area contributed by atoms with Crippen molar-refractivity contribution < 1.29 is 14.7 Å². The van der Waals surface area contributed by atoms with Crippen LogP contribution in [-0.2, 0) is 6.61 Å². The first-order valence-electron chi connectivity index (χ1n) is 9.26. The number of benzene rings is 3. The molecular formula is C22H21N3O3S. The predicted octanol–water partition coefficient (Wildman–Crippen LogP) is 4.90. The number of ether oxygens (including phenoxy) is 1. The van der Waals surface area contributed by atoms with Gasteiger partial charge in [-0.05, 0) is 40.6 Å². The third-order valence-electron chi connectivity index (χ3n) is 4.81. The van der Waals surface area contributed by atoms with E-state index in [4.69, 9.17) is 10.5 Å². The number of hydrogen-bond donors (Lipinski definition) is 2. The van der Waals surface area contributed by atoms with Crippen molar-refractivity contribution in [2.75, 3.05) is 6.54 Å². The van der Waals surface area contributed by atoms with Gasteiger partial charge >= 0.3 is 6.03 Å². The lowest BCUT2D eigenvalue weighted by molar-refractivity contribution is -0.0427. The van der Waals surface area contributed by atoms with Gasteiger partial charge < -0.3 is 10.5 Å². The Bertz CT molecular complexity index is 1140. The molecule has 0 aliphatic heterocycles. The lowest BCUT2D eigenvalue weighted by Crippen LogP contribution is -2.35. The Morgan fingerprint density at radius 1 is 1.17 bits per heavy atom. The van der Waals surface area contributed by atoms with Crippen LogP contribution >= 0.6 is 11.3 Å². The maximum atomic E-state index is 11.0. The summed E-state index contributed by atoms with van der Waals surface area (Å²) in [6, 6.07) is 19.2. The van der Waals surface area contributed by atoms with Crippen molar-refractivity contribution in [3.63, 3.8) is 0 Å². The Morgan fingerprint density at radius 3 is 2.72 bits per heavy atom. The van der Waals surface area contributed by atoms with Crippen molar-refractivity contribution in [1.82, 2.24) is 10.0 Å². The first kappa shape index (κ1) is 19.2. The Hall–Kier alpha value is -3.16. The molecule has 0 radical (unpaired) electrons. The lowest BCUT2D eigenvalue weighted by atomic mass is 9.97. The quantitative estimate of drug-likeness (QED) is 0.351. The van der Waals surface area contributed by atoms with Gasteiger partial charge in [-0.15, -0.1) is 11.3 Å². The number of carbonyl (C=O) groups is 1. The van der Waals surface area contributed by atoms with E-state index in [-0.39, 0.29) is 12.5 Å². The molecule has 0 aliphatic rings. The van der Waals surface area contributed by atoms with E-state index in [0.29, 0.717) is 11.7 Å². The van der Waals surface area contributed by atoms with E-state index in [1.54, 1.807) is 11.3 Å². The lowest BCUT2D eigenvalue weighted by Gasteiger charge is -2.18. The number of rotatable bonds is 6. The highest BCUT2D eigenvalue weighted by atomic mass is 32.1. The monoisotopic (exact) mass is 407 g/mol. The zero-order valence-corrected chi connectivity index (χ0v) is 16.7. The maximum absolute atomic E-state index is 11.0. The van der Waals surface area contributed by atoms with E-state index >= 15 is 0 Å². The molecule has 1 aromatic heterocycles. The van der Waals surface area contributed by atoms with Gasteiger partial charge in [-0.25, -0.2) is 14.8 Å². The fourth-order valence-electron chi connectivity index (χ4n) is 3.22. The highest BCUT2D eigenvalue weighted by molar-refractivity contribution is 7.18. The molecule has 4 aromatic rings. The number of hydroxylamine groups is 2. The summed E-state index contributed by atoms with van der Waals surface area (Å²) in [5, 5.41) is 13.1. The van der Waals surface area contributed by atoms with Crippen LogP contribution in [0.4, 0.5) is 4.79 Å². The minimum Gasteiger partial charge on any atom is -0.486 e. The van der Waals surface area contributed by atoms with Crippen LogP contribution in [0.25, 0.3) is 21.0 Å². The Morgan fingerprint density at radius 2 is 1.93 bits per heavy atom. The third-order valence-corrected chi connectivity index (χ3v) is 5.82. The summed E-state index contributed by atoms with van der Waals surface area (Å²) < 4.78 is 7.10. The van der Waals surface area contributed by atoms with Gasteiger partial charge in [0.05, 0.1) is 16.8 Å². The minimum atomic E-state index is -0.854. The van der Waals surface area contributed by atoms with Crippen molar-refractivity contribution >= 4 is 38.4 Å². The largest absolute Gasteiger partial charge is 0.486 e. The Balaban J connectivity index is 1.47. The zero-order valence-electron chi connectivity index (χ0n) is 15.9. The second kappa shape index (κ2) is 8.06. The van der Waals surface area contributed by atoms with Crippen molar-refractivity contribution in [2.45, 2.75) is 19.4 Å². The third kappa shape index (κ3) is 4.31. The second-order valence-electron chi connectivity index (χ2n) is 6.95. The molecular weight excluding hydrogens is 386 g/mol. The summed E-state index contributed by atoms with van der Waals surface area (Å²) in [6.45, 7) is 2.51. The van der Waals surface area contributed by atoms with Crippen molar-refractivity contribution in [2.24, 2.45) is 5.73 Å². The number of carbonyl (C=O) groups excluding carboxylic acids is 1. The smallest absolute Gasteiger partial charge is 0.338 e. The Kier molecular flexibility index (Phi) is 5.33. The van der Waals surface area contributed by atoms with Gasteiger partial charge in [0.15, 0.2) is 0 Å². The van der Waals surface area contributed by atoms with Crippen LogP contribution in [0.3, 0.4) is 0 Å². The molecule has 7 heteroatoms. The summed E-state index contributed by atoms with van der Waals surface area (Å²) in [6.07, 6.45) is 0. The van der Waals surface area contributed by atoms with E-state index < -0.39 is 6.03 Å². The molecule has 0 aliphatic carbocycles. The van der Waals surface area contributed by atoms with Crippen molar-refractivity contribution in [1.29, 1.82) is 0 Å². The molecule has 0 saturated carbocycles. The van der Waals surface area contributed by atoms with Gasteiger partial charge in [0.25, 0.3) is 0 Å². The number of para-hydroxylation sites is 1. The normalized spacial score (nSPS) is 12.2. The van der Waals surface area contributed by atoms with Crippen LogP contribution in [0.1, 0.15) is 23.4 Å². The summed E-state index contributed by atoms with van der Waals surface area (Å²) >= 11 is 1.64. The molecule has 3 N–H and O–H groups in total. The Labute approximate surface area is 172 Å². The highest BCUT2D eigenvalue weighted by Gasteiger charge is 2.13. The van der Waals surface area contributed by atoms with Gasteiger partial charge in [0.1, 0.15) is 17.4 Å².